The molecule has 0 fully saturated rings. The molecule has 1 heterocycles. The number of benzene rings is 3. The molecule has 7 nitrogen and oxygen atoms in total. The van der Waals surface area contributed by atoms with Gasteiger partial charge in [0.25, 0.3) is 5.56 Å². The average molecular weight is 506 g/mol. The molecule has 0 saturated heterocycles. The number of hydrogen-bond acceptors (Lipinski definition) is 5. The Balaban J connectivity index is 1.94. The second kappa shape index (κ2) is 10.2. The number of fused-ring (bicyclic) bond motifs is 1. The third-order valence-electron chi connectivity index (χ3n) is 6.47. The molecule has 0 spiro atoms. The number of nitrogens with zero attached hydrogens (tertiary/aromatic N) is 3. The lowest BCUT2D eigenvalue weighted by Gasteiger charge is -2.29. The monoisotopic (exact) mass is 505 g/mol. The van der Waals surface area contributed by atoms with Gasteiger partial charge in [-0.25, -0.2) is 13.4 Å². The lowest BCUT2D eigenvalue weighted by molar-refractivity contribution is 0.327. The molecule has 1 atom stereocenters. The molecule has 4 aromatic rings. The van der Waals surface area contributed by atoms with E-state index >= 15 is 0 Å². The van der Waals surface area contributed by atoms with Crippen molar-refractivity contribution in [3.63, 3.8) is 0 Å². The van der Waals surface area contributed by atoms with Gasteiger partial charge in [0, 0.05) is 6.54 Å². The van der Waals surface area contributed by atoms with Crippen LogP contribution in [0.2, 0.25) is 0 Å². The number of rotatable bonds is 8. The molecule has 36 heavy (non-hydrogen) atoms. The molecule has 188 valence electrons. The minimum absolute atomic E-state index is 0.157. The van der Waals surface area contributed by atoms with Crippen LogP contribution in [-0.2, 0) is 10.0 Å². The highest BCUT2D eigenvalue weighted by Crippen LogP contribution is 2.30. The topological polar surface area (TPSA) is 81.5 Å². The molecule has 0 aliphatic carbocycles. The maximum atomic E-state index is 13.8. The van der Waals surface area contributed by atoms with Crippen LogP contribution in [0.25, 0.3) is 16.6 Å². The van der Waals surface area contributed by atoms with E-state index < -0.39 is 16.1 Å². The first-order chi connectivity index (χ1) is 17.2. The van der Waals surface area contributed by atoms with Gasteiger partial charge in [0.2, 0.25) is 10.0 Å². The Kier molecular flexibility index (Phi) is 7.28. The van der Waals surface area contributed by atoms with Gasteiger partial charge < -0.3 is 4.74 Å². The highest BCUT2D eigenvalue weighted by atomic mass is 32.2. The molecule has 0 saturated carbocycles. The van der Waals surface area contributed by atoms with Gasteiger partial charge in [0.1, 0.15) is 11.6 Å². The summed E-state index contributed by atoms with van der Waals surface area (Å²) in [5.74, 6) is 0.941. The molecule has 3 aromatic carbocycles. The summed E-state index contributed by atoms with van der Waals surface area (Å²) in [6, 6.07) is 18.5. The standard InChI is InChI=1S/C28H31N3O4S/c1-6-17-30(36(33,34)24-15-13-23(35-5)14-16-24)21(4)27-29-26-10-8-7-9-25(26)28(32)31(27)22-12-11-19(2)20(3)18-22/h7-16,18,21H,6,17H2,1-5H3. The number of aryl methyl sites for hydroxylation is 2. The number of sulfonamides is 1. The summed E-state index contributed by atoms with van der Waals surface area (Å²) in [5, 5.41) is 0.478. The quantitative estimate of drug-likeness (QED) is 0.330. The largest absolute Gasteiger partial charge is 0.497 e. The maximum absolute atomic E-state index is 13.8. The fraction of sp³-hybridized carbons (Fsp3) is 0.286. The Hall–Kier alpha value is -3.49. The summed E-state index contributed by atoms with van der Waals surface area (Å²) in [5.41, 5.74) is 3.08. The summed E-state index contributed by atoms with van der Waals surface area (Å²) >= 11 is 0. The zero-order valence-corrected chi connectivity index (χ0v) is 22.0. The van der Waals surface area contributed by atoms with Crippen LogP contribution in [0.4, 0.5) is 0 Å². The lowest BCUT2D eigenvalue weighted by Crippen LogP contribution is -2.38. The first-order valence-electron chi connectivity index (χ1n) is 11.9. The van der Waals surface area contributed by atoms with Gasteiger partial charge >= 0.3 is 0 Å². The molecular formula is C28H31N3O4S. The van der Waals surface area contributed by atoms with Crippen molar-refractivity contribution < 1.29 is 13.2 Å². The molecule has 1 aromatic heterocycles. The summed E-state index contributed by atoms with van der Waals surface area (Å²) < 4.78 is 35.8. The Morgan fingerprint density at radius 1 is 1.00 bits per heavy atom. The third-order valence-corrected chi connectivity index (χ3v) is 8.45. The molecule has 1 unspecified atom stereocenters. The van der Waals surface area contributed by atoms with Gasteiger partial charge in [0.15, 0.2) is 0 Å². The summed E-state index contributed by atoms with van der Waals surface area (Å²) in [7, 11) is -2.36. The van der Waals surface area contributed by atoms with Crippen LogP contribution in [0.5, 0.6) is 5.75 Å². The van der Waals surface area contributed by atoms with Crippen molar-refractivity contribution in [1.29, 1.82) is 0 Å². The molecule has 0 amide bonds. The Morgan fingerprint density at radius 2 is 1.69 bits per heavy atom. The molecular weight excluding hydrogens is 474 g/mol. The van der Waals surface area contributed by atoms with Gasteiger partial charge in [-0.3, -0.25) is 9.36 Å². The van der Waals surface area contributed by atoms with Gasteiger partial charge in [-0.05, 0) is 86.8 Å². The van der Waals surface area contributed by atoms with Crippen molar-refractivity contribution in [3.05, 3.63) is 94.0 Å². The van der Waals surface area contributed by atoms with Gasteiger partial charge in [-0.1, -0.05) is 25.1 Å². The van der Waals surface area contributed by atoms with Gasteiger partial charge in [0.05, 0.1) is 34.6 Å². The maximum Gasteiger partial charge on any atom is 0.266 e. The van der Waals surface area contributed by atoms with E-state index in [0.717, 1.165) is 11.1 Å². The van der Waals surface area contributed by atoms with E-state index in [1.165, 1.54) is 23.5 Å². The highest BCUT2D eigenvalue weighted by molar-refractivity contribution is 7.89. The molecule has 0 aliphatic heterocycles. The van der Waals surface area contributed by atoms with E-state index in [-0.39, 0.29) is 17.0 Å². The van der Waals surface area contributed by atoms with E-state index in [1.807, 2.05) is 45.0 Å². The predicted molar refractivity (Wildman–Crippen MR) is 142 cm³/mol. The second-order valence-corrected chi connectivity index (χ2v) is 10.8. The first kappa shape index (κ1) is 25.6. The lowest BCUT2D eigenvalue weighted by atomic mass is 10.1. The number of hydrogen-bond donors (Lipinski definition) is 0. The van der Waals surface area contributed by atoms with E-state index in [2.05, 4.69) is 0 Å². The number of methoxy groups -OCH3 is 1. The van der Waals surface area contributed by atoms with Crippen molar-refractivity contribution in [3.8, 4) is 11.4 Å². The van der Waals surface area contributed by atoms with Crippen molar-refractivity contribution >= 4 is 20.9 Å². The highest BCUT2D eigenvalue weighted by Gasteiger charge is 2.32. The normalized spacial score (nSPS) is 12.7. The van der Waals surface area contributed by atoms with Crippen LogP contribution >= 0.6 is 0 Å². The van der Waals surface area contributed by atoms with Crippen LogP contribution in [0.1, 0.15) is 43.3 Å². The smallest absolute Gasteiger partial charge is 0.266 e. The number of para-hydroxylation sites is 1. The van der Waals surface area contributed by atoms with Crippen LogP contribution < -0.4 is 10.3 Å². The third kappa shape index (κ3) is 4.66. The molecule has 0 aliphatic rings. The second-order valence-electron chi connectivity index (χ2n) is 8.86. The number of aromatic nitrogens is 2. The minimum atomic E-state index is -3.89. The zero-order valence-electron chi connectivity index (χ0n) is 21.2. The molecule has 8 heteroatoms. The fourth-order valence-electron chi connectivity index (χ4n) is 4.30. The Bertz CT molecular complexity index is 1560. The summed E-state index contributed by atoms with van der Waals surface area (Å²) in [6.07, 6.45) is 0.598. The van der Waals surface area contributed by atoms with Crippen LogP contribution in [0.3, 0.4) is 0 Å². The first-order valence-corrected chi connectivity index (χ1v) is 13.4. The van der Waals surface area contributed by atoms with Gasteiger partial charge in [-0.15, -0.1) is 0 Å². The van der Waals surface area contributed by atoms with Crippen LogP contribution in [-0.4, -0.2) is 35.9 Å². The average Bonchev–Trinajstić information content (AvgIpc) is 2.88. The fourth-order valence-corrected chi connectivity index (χ4v) is 5.98. The minimum Gasteiger partial charge on any atom is -0.497 e. The summed E-state index contributed by atoms with van der Waals surface area (Å²) in [6.45, 7) is 7.97. The van der Waals surface area contributed by atoms with E-state index in [1.54, 1.807) is 41.8 Å². The number of ether oxygens (including phenoxy) is 1. The van der Waals surface area contributed by atoms with Gasteiger partial charge in [-0.2, -0.15) is 4.31 Å². The SMILES string of the molecule is CCCN(C(C)c1nc2ccccc2c(=O)n1-c1ccc(C)c(C)c1)S(=O)(=O)c1ccc(OC)cc1. The van der Waals surface area contributed by atoms with Crippen molar-refractivity contribution in [1.82, 2.24) is 13.9 Å². The predicted octanol–water partition coefficient (Wildman–Crippen LogP) is 5.17. The molecule has 0 radical (unpaired) electrons. The van der Waals surface area contributed by atoms with Crippen molar-refractivity contribution in [2.45, 2.75) is 45.1 Å². The summed E-state index contributed by atoms with van der Waals surface area (Å²) in [4.78, 5) is 18.8. The van der Waals surface area contributed by atoms with E-state index in [4.69, 9.17) is 9.72 Å². The van der Waals surface area contributed by atoms with Crippen molar-refractivity contribution in [2.75, 3.05) is 13.7 Å². The molecule has 4 rings (SSSR count). The molecule has 0 N–H and O–H groups in total. The zero-order chi connectivity index (χ0) is 26.0. The molecule has 0 bridgehead atoms. The van der Waals surface area contributed by atoms with E-state index in [9.17, 15) is 13.2 Å². The van der Waals surface area contributed by atoms with Crippen molar-refractivity contribution in [2.24, 2.45) is 0 Å². The Morgan fingerprint density at radius 3 is 2.33 bits per heavy atom. The van der Waals surface area contributed by atoms with E-state index in [0.29, 0.717) is 34.6 Å². The Labute approximate surface area is 212 Å². The van der Waals surface area contributed by atoms with Crippen LogP contribution in [0, 0.1) is 13.8 Å². The van der Waals surface area contributed by atoms with Crippen LogP contribution in [0.15, 0.2) is 76.4 Å².